The Labute approximate surface area is 147 Å². The van der Waals surface area contributed by atoms with Crippen LogP contribution in [0.1, 0.15) is 22.8 Å². The van der Waals surface area contributed by atoms with E-state index in [2.05, 4.69) is 15.9 Å². The number of carbonyl (C=O) groups is 2. The Morgan fingerprint density at radius 2 is 1.92 bits per heavy atom. The molecule has 2 aromatic rings. The maximum atomic E-state index is 12.2. The highest BCUT2D eigenvalue weighted by Crippen LogP contribution is 2.37. The van der Waals surface area contributed by atoms with Crippen LogP contribution in [-0.2, 0) is 4.79 Å². The molecular formula is C18H15BrO5. The minimum atomic E-state index is -1.05. The molecule has 0 aliphatic heterocycles. The molecule has 6 heteroatoms. The summed E-state index contributed by atoms with van der Waals surface area (Å²) in [5, 5.41) is 8.72. The number of carboxylic acid groups (broad SMARTS) is 1. The summed E-state index contributed by atoms with van der Waals surface area (Å²) in [5.41, 5.74) is 1.02. The molecule has 5 nitrogen and oxygen atoms in total. The van der Waals surface area contributed by atoms with Crippen molar-refractivity contribution in [2.75, 3.05) is 6.61 Å². The number of aliphatic carboxylic acids is 1. The van der Waals surface area contributed by atoms with E-state index in [-0.39, 0.29) is 5.75 Å². The highest BCUT2D eigenvalue weighted by atomic mass is 79.9. The zero-order chi connectivity index (χ0) is 17.5. The topological polar surface area (TPSA) is 72.8 Å². The van der Waals surface area contributed by atoms with Gasteiger partial charge in [0.15, 0.2) is 11.5 Å². The second-order valence-corrected chi connectivity index (χ2v) is 5.54. The van der Waals surface area contributed by atoms with Crippen LogP contribution in [0, 0.1) is 0 Å². The van der Waals surface area contributed by atoms with Crippen molar-refractivity contribution in [1.82, 2.24) is 0 Å². The Balaban J connectivity index is 2.34. The van der Waals surface area contributed by atoms with Gasteiger partial charge in [0.05, 0.1) is 16.6 Å². The van der Waals surface area contributed by atoms with Crippen LogP contribution < -0.4 is 9.47 Å². The molecule has 2 aromatic carbocycles. The van der Waals surface area contributed by atoms with Crippen LogP contribution in [-0.4, -0.2) is 23.7 Å². The SMILES string of the molecule is CCOc1cc(/C=C/C(=O)O)cc(Br)c1OC(=O)c1ccccc1. The lowest BCUT2D eigenvalue weighted by molar-refractivity contribution is -0.131. The largest absolute Gasteiger partial charge is 0.490 e. The van der Waals surface area contributed by atoms with Gasteiger partial charge in [-0.3, -0.25) is 0 Å². The summed E-state index contributed by atoms with van der Waals surface area (Å²) in [6.45, 7) is 2.17. The van der Waals surface area contributed by atoms with E-state index in [1.54, 1.807) is 43.3 Å². The van der Waals surface area contributed by atoms with Crippen LogP contribution in [0.3, 0.4) is 0 Å². The minimum Gasteiger partial charge on any atom is -0.490 e. The lowest BCUT2D eigenvalue weighted by Gasteiger charge is -2.13. The quantitative estimate of drug-likeness (QED) is 0.455. The van der Waals surface area contributed by atoms with Crippen LogP contribution in [0.4, 0.5) is 0 Å². The van der Waals surface area contributed by atoms with Crippen LogP contribution in [0.15, 0.2) is 53.0 Å². The van der Waals surface area contributed by atoms with Gasteiger partial charge in [-0.1, -0.05) is 18.2 Å². The number of carbonyl (C=O) groups excluding carboxylic acids is 1. The van der Waals surface area contributed by atoms with Gasteiger partial charge in [-0.25, -0.2) is 9.59 Å². The Kier molecular flexibility index (Phi) is 6.14. The predicted octanol–water partition coefficient (Wildman–Crippen LogP) is 4.16. The molecule has 0 heterocycles. The molecule has 0 radical (unpaired) electrons. The van der Waals surface area contributed by atoms with Crippen molar-refractivity contribution in [1.29, 1.82) is 0 Å². The smallest absolute Gasteiger partial charge is 0.343 e. The fourth-order valence-corrected chi connectivity index (χ4v) is 2.48. The molecule has 124 valence electrons. The van der Waals surface area contributed by atoms with E-state index in [4.69, 9.17) is 14.6 Å². The van der Waals surface area contributed by atoms with E-state index < -0.39 is 11.9 Å². The standard InChI is InChI=1S/C18H15BrO5/c1-2-23-15-11-12(8-9-16(20)21)10-14(19)17(15)24-18(22)13-6-4-3-5-7-13/h3-11H,2H2,1H3,(H,20,21)/b9-8+. The molecule has 24 heavy (non-hydrogen) atoms. The molecule has 0 saturated carbocycles. The molecule has 0 bridgehead atoms. The van der Waals surface area contributed by atoms with Gasteiger partial charge >= 0.3 is 11.9 Å². The fourth-order valence-electron chi connectivity index (χ4n) is 1.94. The molecular weight excluding hydrogens is 376 g/mol. The van der Waals surface area contributed by atoms with Crippen LogP contribution >= 0.6 is 15.9 Å². The molecule has 0 aliphatic carbocycles. The van der Waals surface area contributed by atoms with Crippen molar-refractivity contribution in [3.8, 4) is 11.5 Å². The van der Waals surface area contributed by atoms with Gasteiger partial charge in [0, 0.05) is 6.08 Å². The first-order chi connectivity index (χ1) is 11.5. The molecule has 0 saturated heterocycles. The lowest BCUT2D eigenvalue weighted by Crippen LogP contribution is -2.10. The predicted molar refractivity (Wildman–Crippen MR) is 93.4 cm³/mol. The Morgan fingerprint density at radius 1 is 1.21 bits per heavy atom. The van der Waals surface area contributed by atoms with Crippen LogP contribution in [0.25, 0.3) is 6.08 Å². The highest BCUT2D eigenvalue weighted by molar-refractivity contribution is 9.10. The zero-order valence-corrected chi connectivity index (χ0v) is 14.4. The zero-order valence-electron chi connectivity index (χ0n) is 12.9. The molecule has 0 aliphatic rings. The highest BCUT2D eigenvalue weighted by Gasteiger charge is 2.16. The number of esters is 1. The molecule has 0 atom stereocenters. The summed E-state index contributed by atoms with van der Waals surface area (Å²) in [6, 6.07) is 11.9. The lowest BCUT2D eigenvalue weighted by atomic mass is 10.2. The first-order valence-electron chi connectivity index (χ1n) is 7.16. The van der Waals surface area contributed by atoms with E-state index in [0.717, 1.165) is 6.08 Å². The summed E-state index contributed by atoms with van der Waals surface area (Å²) >= 11 is 3.34. The third kappa shape index (κ3) is 4.70. The van der Waals surface area contributed by atoms with E-state index in [0.29, 0.717) is 28.0 Å². The summed E-state index contributed by atoms with van der Waals surface area (Å²) in [7, 11) is 0. The van der Waals surface area contributed by atoms with Gasteiger partial charge in [0.2, 0.25) is 0 Å². The summed E-state index contributed by atoms with van der Waals surface area (Å²) in [4.78, 5) is 22.9. The number of hydrogen-bond donors (Lipinski definition) is 1. The number of benzene rings is 2. The van der Waals surface area contributed by atoms with Crippen molar-refractivity contribution in [3.05, 3.63) is 64.1 Å². The Hall–Kier alpha value is -2.60. The average molecular weight is 391 g/mol. The van der Waals surface area contributed by atoms with Gasteiger partial charge in [-0.15, -0.1) is 0 Å². The number of carboxylic acids is 1. The number of hydrogen-bond acceptors (Lipinski definition) is 4. The summed E-state index contributed by atoms with van der Waals surface area (Å²) < 4.78 is 11.4. The van der Waals surface area contributed by atoms with Crippen molar-refractivity contribution in [3.63, 3.8) is 0 Å². The van der Waals surface area contributed by atoms with E-state index in [1.165, 1.54) is 6.08 Å². The minimum absolute atomic E-state index is 0.248. The van der Waals surface area contributed by atoms with E-state index in [1.807, 2.05) is 6.07 Å². The number of halogens is 1. The first kappa shape index (κ1) is 17.7. The first-order valence-corrected chi connectivity index (χ1v) is 7.95. The number of ether oxygens (including phenoxy) is 2. The summed E-state index contributed by atoms with van der Waals surface area (Å²) in [6.07, 6.45) is 2.45. The van der Waals surface area contributed by atoms with Gasteiger partial charge in [-0.05, 0) is 58.8 Å². The molecule has 1 N–H and O–H groups in total. The third-order valence-electron chi connectivity index (χ3n) is 2.95. The van der Waals surface area contributed by atoms with Gasteiger partial charge in [0.25, 0.3) is 0 Å². The van der Waals surface area contributed by atoms with Gasteiger partial charge in [0.1, 0.15) is 0 Å². The van der Waals surface area contributed by atoms with Gasteiger partial charge < -0.3 is 14.6 Å². The molecule has 0 amide bonds. The second kappa shape index (κ2) is 8.31. The number of rotatable bonds is 6. The molecule has 0 fully saturated rings. The van der Waals surface area contributed by atoms with E-state index in [9.17, 15) is 9.59 Å². The Bertz CT molecular complexity index is 768. The van der Waals surface area contributed by atoms with Gasteiger partial charge in [-0.2, -0.15) is 0 Å². The second-order valence-electron chi connectivity index (χ2n) is 4.69. The average Bonchev–Trinajstić information content (AvgIpc) is 2.57. The van der Waals surface area contributed by atoms with Crippen molar-refractivity contribution < 1.29 is 24.2 Å². The van der Waals surface area contributed by atoms with Crippen molar-refractivity contribution >= 4 is 33.9 Å². The maximum absolute atomic E-state index is 12.2. The third-order valence-corrected chi connectivity index (χ3v) is 3.54. The fraction of sp³-hybridized carbons (Fsp3) is 0.111. The molecule has 2 rings (SSSR count). The summed E-state index contributed by atoms with van der Waals surface area (Å²) in [5.74, 6) is -0.964. The molecule has 0 aromatic heterocycles. The normalized spacial score (nSPS) is 10.6. The van der Waals surface area contributed by atoms with Crippen LogP contribution in [0.5, 0.6) is 11.5 Å². The molecule has 0 unspecified atom stereocenters. The monoisotopic (exact) mass is 390 g/mol. The van der Waals surface area contributed by atoms with E-state index >= 15 is 0 Å². The molecule has 0 spiro atoms. The maximum Gasteiger partial charge on any atom is 0.343 e. The van der Waals surface area contributed by atoms with Crippen molar-refractivity contribution in [2.24, 2.45) is 0 Å². The Morgan fingerprint density at radius 3 is 2.54 bits per heavy atom. The van der Waals surface area contributed by atoms with Crippen molar-refractivity contribution in [2.45, 2.75) is 6.92 Å². The van der Waals surface area contributed by atoms with Crippen LogP contribution in [0.2, 0.25) is 0 Å².